The molecule has 5 heteroatoms. The molecule has 0 fully saturated rings. The van der Waals surface area contributed by atoms with Crippen LogP contribution >= 0.6 is 34.8 Å². The van der Waals surface area contributed by atoms with E-state index in [2.05, 4.69) is 17.2 Å². The first-order valence-electron chi connectivity index (χ1n) is 5.93. The molecule has 1 aromatic heterocycles. The Morgan fingerprint density at radius 2 is 1.89 bits per heavy atom. The van der Waals surface area contributed by atoms with Crippen molar-refractivity contribution in [3.05, 3.63) is 57.3 Å². The molecule has 0 amide bonds. The first-order chi connectivity index (χ1) is 9.10. The summed E-state index contributed by atoms with van der Waals surface area (Å²) in [4.78, 5) is 4.05. The van der Waals surface area contributed by atoms with Gasteiger partial charge in [-0.25, -0.2) is 4.98 Å². The van der Waals surface area contributed by atoms with Crippen LogP contribution in [0.2, 0.25) is 15.2 Å². The quantitative estimate of drug-likeness (QED) is 0.742. The number of halogens is 3. The van der Waals surface area contributed by atoms with Crippen molar-refractivity contribution in [3.63, 3.8) is 0 Å². The normalized spacial score (nSPS) is 12.2. The molecule has 1 atom stereocenters. The van der Waals surface area contributed by atoms with E-state index in [4.69, 9.17) is 34.8 Å². The highest BCUT2D eigenvalue weighted by Crippen LogP contribution is 2.29. The van der Waals surface area contributed by atoms with Crippen molar-refractivity contribution in [2.24, 2.45) is 0 Å². The molecule has 0 saturated carbocycles. The Balaban J connectivity index is 2.19. The minimum atomic E-state index is 0.151. The van der Waals surface area contributed by atoms with Crippen LogP contribution < -0.4 is 5.32 Å². The van der Waals surface area contributed by atoms with E-state index in [9.17, 15) is 0 Å². The van der Waals surface area contributed by atoms with E-state index in [1.165, 1.54) is 0 Å². The Morgan fingerprint density at radius 3 is 2.47 bits per heavy atom. The van der Waals surface area contributed by atoms with Crippen molar-refractivity contribution >= 4 is 40.5 Å². The summed E-state index contributed by atoms with van der Waals surface area (Å²) in [5.41, 5.74) is 2.01. The fraction of sp³-hybridized carbons (Fsp3) is 0.214. The summed E-state index contributed by atoms with van der Waals surface area (Å²) in [7, 11) is 0. The van der Waals surface area contributed by atoms with Crippen molar-refractivity contribution in [1.82, 2.24) is 4.98 Å². The van der Waals surface area contributed by atoms with Gasteiger partial charge in [0.25, 0.3) is 0 Å². The second kappa shape index (κ2) is 6.47. The summed E-state index contributed by atoms with van der Waals surface area (Å²) in [6.45, 7) is 2.10. The molecule has 2 nitrogen and oxygen atoms in total. The summed E-state index contributed by atoms with van der Waals surface area (Å²) >= 11 is 17.7. The third-order valence-electron chi connectivity index (χ3n) is 2.82. The summed E-state index contributed by atoms with van der Waals surface area (Å²) in [6.07, 6.45) is 2.63. The van der Waals surface area contributed by atoms with Gasteiger partial charge in [0.2, 0.25) is 0 Å². The van der Waals surface area contributed by atoms with Gasteiger partial charge in [-0.15, -0.1) is 0 Å². The zero-order valence-corrected chi connectivity index (χ0v) is 12.6. The van der Waals surface area contributed by atoms with Crippen molar-refractivity contribution in [2.75, 3.05) is 5.32 Å². The van der Waals surface area contributed by atoms with Crippen molar-refractivity contribution in [3.8, 4) is 0 Å². The summed E-state index contributed by atoms with van der Waals surface area (Å²) in [6, 6.07) is 9.47. The van der Waals surface area contributed by atoms with Gasteiger partial charge in [-0.1, -0.05) is 47.8 Å². The maximum atomic E-state index is 6.05. The molecule has 19 heavy (non-hydrogen) atoms. The highest BCUT2D eigenvalue weighted by Gasteiger charge is 2.11. The van der Waals surface area contributed by atoms with Gasteiger partial charge in [-0.3, -0.25) is 0 Å². The molecule has 0 spiro atoms. The lowest BCUT2D eigenvalue weighted by molar-refractivity contribution is 0.749. The molecule has 2 aromatic rings. The van der Waals surface area contributed by atoms with Crippen LogP contribution in [-0.4, -0.2) is 4.98 Å². The molecule has 0 aliphatic carbocycles. The monoisotopic (exact) mass is 314 g/mol. The van der Waals surface area contributed by atoms with Crippen LogP contribution in [0.4, 0.5) is 5.69 Å². The number of hydrogen-bond acceptors (Lipinski definition) is 2. The number of nitrogens with one attached hydrogen (secondary N) is 1. The van der Waals surface area contributed by atoms with E-state index >= 15 is 0 Å². The number of anilines is 1. The lowest BCUT2D eigenvalue weighted by Crippen LogP contribution is -2.09. The largest absolute Gasteiger partial charge is 0.377 e. The fourth-order valence-electron chi connectivity index (χ4n) is 1.81. The number of aromatic nitrogens is 1. The zero-order valence-electron chi connectivity index (χ0n) is 10.3. The van der Waals surface area contributed by atoms with Gasteiger partial charge in [-0.05, 0) is 36.2 Å². The number of benzene rings is 1. The van der Waals surface area contributed by atoms with E-state index in [0.29, 0.717) is 15.2 Å². The highest BCUT2D eigenvalue weighted by atomic mass is 35.5. The SMILES string of the molecule is CCC(Nc1ccc(Cl)nc1)c1ccc(Cl)c(Cl)c1. The molecule has 0 radical (unpaired) electrons. The lowest BCUT2D eigenvalue weighted by atomic mass is 10.0. The molecule has 1 N–H and O–H groups in total. The molecule has 2 rings (SSSR count). The van der Waals surface area contributed by atoms with Gasteiger partial charge in [0.15, 0.2) is 0 Å². The van der Waals surface area contributed by atoms with Crippen molar-refractivity contribution < 1.29 is 0 Å². The highest BCUT2D eigenvalue weighted by molar-refractivity contribution is 6.42. The van der Waals surface area contributed by atoms with Crippen molar-refractivity contribution in [1.29, 1.82) is 0 Å². The average Bonchev–Trinajstić information content (AvgIpc) is 2.41. The molecule has 0 aliphatic rings. The molecule has 0 aliphatic heterocycles. The molecular formula is C14H13Cl3N2. The Hall–Kier alpha value is -0.960. The van der Waals surface area contributed by atoms with E-state index in [-0.39, 0.29) is 6.04 Å². The standard InChI is InChI=1S/C14H13Cl3N2/c1-2-13(9-3-5-11(15)12(16)7-9)19-10-4-6-14(17)18-8-10/h3-8,13,19H,2H2,1H3. The minimum absolute atomic E-state index is 0.151. The Kier molecular flexibility index (Phi) is 4.92. The van der Waals surface area contributed by atoms with Gasteiger partial charge in [0.05, 0.1) is 28.0 Å². The summed E-state index contributed by atoms with van der Waals surface area (Å²) in [5, 5.41) is 5.00. The number of hydrogen-bond donors (Lipinski definition) is 1. The number of pyridine rings is 1. The Labute approximate surface area is 127 Å². The van der Waals surface area contributed by atoms with E-state index in [1.54, 1.807) is 12.3 Å². The van der Waals surface area contributed by atoms with Crippen LogP contribution in [0.1, 0.15) is 24.9 Å². The van der Waals surface area contributed by atoms with Crippen LogP contribution in [0.25, 0.3) is 0 Å². The smallest absolute Gasteiger partial charge is 0.129 e. The molecule has 0 bridgehead atoms. The Bertz CT molecular complexity index is 555. The maximum Gasteiger partial charge on any atom is 0.129 e. The third-order valence-corrected chi connectivity index (χ3v) is 3.79. The van der Waals surface area contributed by atoms with Crippen LogP contribution in [0.5, 0.6) is 0 Å². The van der Waals surface area contributed by atoms with E-state index in [1.807, 2.05) is 24.3 Å². The van der Waals surface area contributed by atoms with Crippen LogP contribution in [-0.2, 0) is 0 Å². The van der Waals surface area contributed by atoms with Crippen LogP contribution in [0.15, 0.2) is 36.5 Å². The maximum absolute atomic E-state index is 6.05. The van der Waals surface area contributed by atoms with E-state index in [0.717, 1.165) is 17.7 Å². The van der Waals surface area contributed by atoms with Gasteiger partial charge < -0.3 is 5.32 Å². The zero-order chi connectivity index (χ0) is 13.8. The first kappa shape index (κ1) is 14.4. The lowest BCUT2D eigenvalue weighted by Gasteiger charge is -2.19. The number of rotatable bonds is 4. The van der Waals surface area contributed by atoms with Crippen molar-refractivity contribution in [2.45, 2.75) is 19.4 Å². The molecular weight excluding hydrogens is 303 g/mol. The molecule has 1 unspecified atom stereocenters. The topological polar surface area (TPSA) is 24.9 Å². The summed E-state index contributed by atoms with van der Waals surface area (Å²) in [5.74, 6) is 0. The number of nitrogens with zero attached hydrogens (tertiary/aromatic N) is 1. The van der Waals surface area contributed by atoms with Crippen LogP contribution in [0.3, 0.4) is 0 Å². The predicted octanol–water partition coefficient (Wildman–Crippen LogP) is 5.61. The van der Waals surface area contributed by atoms with Gasteiger partial charge in [0, 0.05) is 0 Å². The molecule has 0 saturated heterocycles. The minimum Gasteiger partial charge on any atom is -0.377 e. The summed E-state index contributed by atoms with van der Waals surface area (Å²) < 4.78 is 0. The average molecular weight is 316 g/mol. The third kappa shape index (κ3) is 3.75. The van der Waals surface area contributed by atoms with Crippen LogP contribution in [0, 0.1) is 0 Å². The fourth-order valence-corrected chi connectivity index (χ4v) is 2.23. The predicted molar refractivity (Wildman–Crippen MR) is 82.4 cm³/mol. The molecule has 1 heterocycles. The molecule has 100 valence electrons. The van der Waals surface area contributed by atoms with Gasteiger partial charge in [-0.2, -0.15) is 0 Å². The first-order valence-corrected chi connectivity index (χ1v) is 7.06. The van der Waals surface area contributed by atoms with E-state index < -0.39 is 0 Å². The second-order valence-corrected chi connectivity index (χ2v) is 5.35. The second-order valence-electron chi connectivity index (χ2n) is 4.15. The van der Waals surface area contributed by atoms with Gasteiger partial charge in [0.1, 0.15) is 5.15 Å². The molecule has 1 aromatic carbocycles. The van der Waals surface area contributed by atoms with Gasteiger partial charge >= 0.3 is 0 Å². The Morgan fingerprint density at radius 1 is 1.11 bits per heavy atom.